The molecular formula is C24H24F2N4O4S. The molecule has 1 heterocycles. The molecule has 184 valence electrons. The molecule has 11 heteroatoms. The average molecular weight is 503 g/mol. The van der Waals surface area contributed by atoms with Gasteiger partial charge in [-0.25, -0.2) is 22.2 Å². The third-order valence-corrected chi connectivity index (χ3v) is 6.55. The number of amides is 2. The minimum atomic E-state index is -4.21. The Labute approximate surface area is 202 Å². The third kappa shape index (κ3) is 5.99. The van der Waals surface area contributed by atoms with Crippen LogP contribution >= 0.6 is 0 Å². The van der Waals surface area contributed by atoms with Crippen LogP contribution in [0.2, 0.25) is 0 Å². The summed E-state index contributed by atoms with van der Waals surface area (Å²) >= 11 is 0. The van der Waals surface area contributed by atoms with E-state index in [2.05, 4.69) is 15.6 Å². The van der Waals surface area contributed by atoms with Crippen molar-refractivity contribution in [3.8, 4) is 0 Å². The number of anilines is 3. The van der Waals surface area contributed by atoms with Crippen LogP contribution in [0.4, 0.5) is 26.0 Å². The molecule has 0 saturated carbocycles. The van der Waals surface area contributed by atoms with Gasteiger partial charge in [-0.2, -0.15) is 0 Å². The summed E-state index contributed by atoms with van der Waals surface area (Å²) in [5, 5.41) is 4.79. The molecule has 35 heavy (non-hydrogen) atoms. The lowest BCUT2D eigenvalue weighted by Crippen LogP contribution is -2.35. The van der Waals surface area contributed by atoms with Crippen molar-refractivity contribution in [2.24, 2.45) is 5.92 Å². The van der Waals surface area contributed by atoms with Crippen molar-refractivity contribution in [2.45, 2.75) is 25.7 Å². The Morgan fingerprint density at radius 3 is 2.26 bits per heavy atom. The van der Waals surface area contributed by atoms with Crippen LogP contribution in [0.25, 0.3) is 0 Å². The number of hydrogen-bond donors (Lipinski definition) is 2. The summed E-state index contributed by atoms with van der Waals surface area (Å²) in [5.74, 6) is -3.92. The smallest absolute Gasteiger partial charge is 0.264 e. The molecule has 2 N–H and O–H groups in total. The summed E-state index contributed by atoms with van der Waals surface area (Å²) in [7, 11) is -4.21. The fourth-order valence-corrected chi connectivity index (χ4v) is 4.89. The van der Waals surface area contributed by atoms with E-state index in [1.54, 1.807) is 19.9 Å². The van der Waals surface area contributed by atoms with Gasteiger partial charge in [0, 0.05) is 13.5 Å². The number of carbonyl (C=O) groups is 2. The lowest BCUT2D eigenvalue weighted by molar-refractivity contribution is -0.114. The number of aromatic nitrogens is 1. The standard InChI is InChI=1S/C24H24F2N4O4S/c1-15(2)14-30(35(33,34)18-7-5-4-6-8-18)20-11-10-19(25)22(23(20)26)24(32)29-17-9-12-21(27-13-17)28-16(3)31/h4-13,15H,14H2,1-3H3,(H,29,32)(H,27,28,31). The highest BCUT2D eigenvalue weighted by molar-refractivity contribution is 7.92. The number of nitrogens with zero attached hydrogens (tertiary/aromatic N) is 2. The fraction of sp³-hybridized carbons (Fsp3) is 0.208. The lowest BCUT2D eigenvalue weighted by Gasteiger charge is -2.27. The lowest BCUT2D eigenvalue weighted by atomic mass is 10.1. The van der Waals surface area contributed by atoms with Gasteiger partial charge in [-0.05, 0) is 42.3 Å². The molecule has 0 radical (unpaired) electrons. The van der Waals surface area contributed by atoms with Crippen LogP contribution in [-0.4, -0.2) is 31.8 Å². The first kappa shape index (κ1) is 25.8. The molecule has 1 aromatic heterocycles. The van der Waals surface area contributed by atoms with Crippen molar-refractivity contribution in [3.63, 3.8) is 0 Å². The third-order valence-electron chi connectivity index (χ3n) is 4.75. The van der Waals surface area contributed by atoms with E-state index in [9.17, 15) is 22.4 Å². The van der Waals surface area contributed by atoms with Gasteiger partial charge in [0.05, 0.1) is 22.5 Å². The van der Waals surface area contributed by atoms with E-state index < -0.39 is 38.8 Å². The predicted molar refractivity (Wildman–Crippen MR) is 129 cm³/mol. The predicted octanol–water partition coefficient (Wildman–Crippen LogP) is 4.42. The van der Waals surface area contributed by atoms with Gasteiger partial charge >= 0.3 is 0 Å². The van der Waals surface area contributed by atoms with E-state index in [0.717, 1.165) is 16.4 Å². The Balaban J connectivity index is 1.99. The number of pyridine rings is 1. The van der Waals surface area contributed by atoms with Gasteiger partial charge in [0.2, 0.25) is 5.91 Å². The van der Waals surface area contributed by atoms with Crippen molar-refractivity contribution in [1.82, 2.24) is 4.98 Å². The molecule has 2 aromatic carbocycles. The van der Waals surface area contributed by atoms with E-state index in [-0.39, 0.29) is 34.8 Å². The first-order valence-corrected chi connectivity index (χ1v) is 12.1. The van der Waals surface area contributed by atoms with Crippen molar-refractivity contribution in [2.75, 3.05) is 21.5 Å². The second-order valence-electron chi connectivity index (χ2n) is 8.07. The van der Waals surface area contributed by atoms with Gasteiger partial charge in [-0.1, -0.05) is 32.0 Å². The molecule has 8 nitrogen and oxygen atoms in total. The summed E-state index contributed by atoms with van der Waals surface area (Å²) in [5.41, 5.74) is -1.28. The summed E-state index contributed by atoms with van der Waals surface area (Å²) in [6, 6.07) is 12.1. The van der Waals surface area contributed by atoms with Gasteiger partial charge in [-0.3, -0.25) is 13.9 Å². The van der Waals surface area contributed by atoms with Crippen LogP contribution in [0.1, 0.15) is 31.1 Å². The minimum Gasteiger partial charge on any atom is -0.320 e. The summed E-state index contributed by atoms with van der Waals surface area (Å²) in [6.07, 6.45) is 1.20. The highest BCUT2D eigenvalue weighted by atomic mass is 32.2. The Bertz CT molecular complexity index is 1330. The number of carbonyl (C=O) groups excluding carboxylic acids is 2. The second kappa shape index (κ2) is 10.6. The molecule has 0 bridgehead atoms. The quantitative estimate of drug-likeness (QED) is 0.474. The maximum Gasteiger partial charge on any atom is 0.264 e. The normalized spacial score (nSPS) is 11.3. The SMILES string of the molecule is CC(=O)Nc1ccc(NC(=O)c2c(F)ccc(N(CC(C)C)S(=O)(=O)c3ccccc3)c2F)cn1. The summed E-state index contributed by atoms with van der Waals surface area (Å²) < 4.78 is 57.6. The van der Waals surface area contributed by atoms with Crippen LogP contribution in [0.3, 0.4) is 0 Å². The van der Waals surface area contributed by atoms with Crippen LogP contribution in [0, 0.1) is 17.6 Å². The molecule has 0 aliphatic rings. The van der Waals surface area contributed by atoms with Crippen LogP contribution < -0.4 is 14.9 Å². The number of halogens is 2. The monoisotopic (exact) mass is 502 g/mol. The molecule has 0 unspecified atom stereocenters. The highest BCUT2D eigenvalue weighted by Crippen LogP contribution is 2.31. The van der Waals surface area contributed by atoms with E-state index in [4.69, 9.17) is 0 Å². The maximum atomic E-state index is 15.6. The Morgan fingerprint density at radius 2 is 1.69 bits per heavy atom. The van der Waals surface area contributed by atoms with Gasteiger partial charge in [-0.15, -0.1) is 0 Å². The van der Waals surface area contributed by atoms with Gasteiger partial charge < -0.3 is 10.6 Å². The minimum absolute atomic E-state index is 0.0688. The molecule has 0 atom stereocenters. The average Bonchev–Trinajstić information content (AvgIpc) is 2.79. The Kier molecular flexibility index (Phi) is 7.80. The van der Waals surface area contributed by atoms with Gasteiger partial charge in [0.1, 0.15) is 17.2 Å². The zero-order valence-electron chi connectivity index (χ0n) is 19.2. The van der Waals surface area contributed by atoms with Crippen molar-refractivity contribution in [1.29, 1.82) is 0 Å². The fourth-order valence-electron chi connectivity index (χ4n) is 3.24. The van der Waals surface area contributed by atoms with E-state index in [1.165, 1.54) is 49.5 Å². The van der Waals surface area contributed by atoms with Crippen molar-refractivity contribution in [3.05, 3.63) is 78.0 Å². The molecule has 2 amide bonds. The van der Waals surface area contributed by atoms with Crippen molar-refractivity contribution >= 4 is 39.0 Å². The highest BCUT2D eigenvalue weighted by Gasteiger charge is 2.31. The van der Waals surface area contributed by atoms with Crippen LogP contribution in [-0.2, 0) is 14.8 Å². The number of benzene rings is 2. The van der Waals surface area contributed by atoms with Crippen LogP contribution in [0.15, 0.2) is 65.7 Å². The van der Waals surface area contributed by atoms with Gasteiger partial charge in [0.15, 0.2) is 5.82 Å². The first-order chi connectivity index (χ1) is 16.5. The van der Waals surface area contributed by atoms with E-state index in [0.29, 0.717) is 0 Å². The second-order valence-corrected chi connectivity index (χ2v) is 9.93. The molecule has 0 saturated heterocycles. The number of sulfonamides is 1. The zero-order chi connectivity index (χ0) is 25.8. The molecule has 0 aliphatic carbocycles. The maximum absolute atomic E-state index is 15.6. The number of nitrogens with one attached hydrogen (secondary N) is 2. The number of rotatable bonds is 8. The molecule has 0 fully saturated rings. The van der Waals surface area contributed by atoms with Crippen LogP contribution in [0.5, 0.6) is 0 Å². The van der Waals surface area contributed by atoms with E-state index in [1.807, 2.05) is 0 Å². The summed E-state index contributed by atoms with van der Waals surface area (Å²) in [4.78, 5) is 27.7. The molecule has 3 rings (SSSR count). The molecule has 0 spiro atoms. The summed E-state index contributed by atoms with van der Waals surface area (Å²) in [6.45, 7) is 4.70. The topological polar surface area (TPSA) is 108 Å². The van der Waals surface area contributed by atoms with Crippen molar-refractivity contribution < 1.29 is 26.8 Å². The van der Waals surface area contributed by atoms with E-state index >= 15 is 4.39 Å². The number of hydrogen-bond acceptors (Lipinski definition) is 5. The Hall–Kier alpha value is -3.86. The molecule has 0 aliphatic heterocycles. The Morgan fingerprint density at radius 1 is 1.00 bits per heavy atom. The largest absolute Gasteiger partial charge is 0.320 e. The van der Waals surface area contributed by atoms with Gasteiger partial charge in [0.25, 0.3) is 15.9 Å². The molecular weight excluding hydrogens is 478 g/mol. The molecule has 3 aromatic rings. The zero-order valence-corrected chi connectivity index (χ0v) is 20.1. The first-order valence-electron chi connectivity index (χ1n) is 10.6.